The molecule has 0 radical (unpaired) electrons. The summed E-state index contributed by atoms with van der Waals surface area (Å²) in [4.78, 5) is 19.3. The first-order chi connectivity index (χ1) is 13.2. The monoisotopic (exact) mass is 422 g/mol. The number of halogens is 1. The lowest BCUT2D eigenvalue weighted by atomic mass is 9.93. The molecule has 0 N–H and O–H groups in total. The SMILES string of the molecule is COc1ccc(Cl)cc1C(=O)N=c1sc(C(C)(C)C)c(C)n1C[C@H]1CCCO1. The van der Waals surface area contributed by atoms with Gasteiger partial charge in [0.15, 0.2) is 4.80 Å². The van der Waals surface area contributed by atoms with Crippen molar-refractivity contribution in [2.75, 3.05) is 13.7 Å². The predicted molar refractivity (Wildman–Crippen MR) is 113 cm³/mol. The van der Waals surface area contributed by atoms with Crippen molar-refractivity contribution >= 4 is 28.8 Å². The Bertz CT molecular complexity index is 934. The van der Waals surface area contributed by atoms with E-state index in [4.69, 9.17) is 21.1 Å². The van der Waals surface area contributed by atoms with Crippen molar-refractivity contribution in [2.45, 2.75) is 58.6 Å². The van der Waals surface area contributed by atoms with Gasteiger partial charge in [-0.05, 0) is 43.4 Å². The van der Waals surface area contributed by atoms with Gasteiger partial charge in [-0.25, -0.2) is 0 Å². The number of thiazole rings is 1. The molecule has 0 saturated carbocycles. The van der Waals surface area contributed by atoms with Gasteiger partial charge in [0.2, 0.25) is 0 Å². The summed E-state index contributed by atoms with van der Waals surface area (Å²) in [6.07, 6.45) is 2.27. The summed E-state index contributed by atoms with van der Waals surface area (Å²) < 4.78 is 13.3. The molecular formula is C21H27ClN2O3S. The molecular weight excluding hydrogens is 396 g/mol. The topological polar surface area (TPSA) is 52.8 Å². The first kappa shape index (κ1) is 21.1. The number of hydrogen-bond acceptors (Lipinski definition) is 4. The fourth-order valence-electron chi connectivity index (χ4n) is 3.47. The number of rotatable bonds is 4. The van der Waals surface area contributed by atoms with Gasteiger partial charge in [-0.15, -0.1) is 11.3 Å². The van der Waals surface area contributed by atoms with Crippen LogP contribution in [-0.4, -0.2) is 30.3 Å². The maximum atomic E-state index is 13.0. The van der Waals surface area contributed by atoms with E-state index in [2.05, 4.69) is 37.3 Å². The zero-order chi connectivity index (χ0) is 20.5. The number of aromatic nitrogens is 1. The van der Waals surface area contributed by atoms with Crippen molar-refractivity contribution in [1.29, 1.82) is 0 Å². The van der Waals surface area contributed by atoms with E-state index in [1.807, 2.05) is 0 Å². The summed E-state index contributed by atoms with van der Waals surface area (Å²) in [6.45, 7) is 10.1. The Hall–Kier alpha value is -1.63. The predicted octanol–water partition coefficient (Wildman–Crippen LogP) is 4.74. The van der Waals surface area contributed by atoms with Crippen LogP contribution in [0, 0.1) is 6.92 Å². The van der Waals surface area contributed by atoms with Gasteiger partial charge < -0.3 is 14.0 Å². The van der Waals surface area contributed by atoms with Crippen molar-refractivity contribution in [3.8, 4) is 5.75 Å². The van der Waals surface area contributed by atoms with Crippen LogP contribution in [0.3, 0.4) is 0 Å². The third kappa shape index (κ3) is 4.50. The number of hydrogen-bond donors (Lipinski definition) is 0. The summed E-state index contributed by atoms with van der Waals surface area (Å²) in [5, 5.41) is 0.476. The van der Waals surface area contributed by atoms with Gasteiger partial charge in [-0.1, -0.05) is 32.4 Å². The third-order valence-electron chi connectivity index (χ3n) is 4.84. The quantitative estimate of drug-likeness (QED) is 0.715. The van der Waals surface area contributed by atoms with Crippen LogP contribution < -0.4 is 9.54 Å². The molecule has 1 aromatic carbocycles. The first-order valence-corrected chi connectivity index (χ1v) is 10.6. The zero-order valence-electron chi connectivity index (χ0n) is 17.0. The van der Waals surface area contributed by atoms with E-state index < -0.39 is 0 Å². The molecule has 1 saturated heterocycles. The maximum absolute atomic E-state index is 13.0. The van der Waals surface area contributed by atoms with Gasteiger partial charge in [-0.2, -0.15) is 4.99 Å². The minimum Gasteiger partial charge on any atom is -0.496 e. The second kappa shape index (κ2) is 8.39. The lowest BCUT2D eigenvalue weighted by Gasteiger charge is -2.18. The van der Waals surface area contributed by atoms with Crippen LogP contribution in [0.15, 0.2) is 23.2 Å². The maximum Gasteiger partial charge on any atom is 0.283 e. The average molecular weight is 423 g/mol. The van der Waals surface area contributed by atoms with Gasteiger partial charge in [0.1, 0.15) is 5.75 Å². The number of carbonyl (C=O) groups excluding carboxylic acids is 1. The highest BCUT2D eigenvalue weighted by atomic mass is 35.5. The largest absolute Gasteiger partial charge is 0.496 e. The van der Waals surface area contributed by atoms with E-state index in [1.54, 1.807) is 29.5 Å². The number of amides is 1. The van der Waals surface area contributed by atoms with Gasteiger partial charge in [0, 0.05) is 22.2 Å². The van der Waals surface area contributed by atoms with E-state index in [0.29, 0.717) is 27.7 Å². The molecule has 7 heteroatoms. The van der Waals surface area contributed by atoms with E-state index >= 15 is 0 Å². The first-order valence-electron chi connectivity index (χ1n) is 9.45. The molecule has 0 unspecified atom stereocenters. The molecule has 152 valence electrons. The van der Waals surface area contributed by atoms with Crippen LogP contribution >= 0.6 is 22.9 Å². The van der Waals surface area contributed by atoms with Gasteiger partial charge in [0.05, 0.1) is 25.3 Å². The van der Waals surface area contributed by atoms with Crippen molar-refractivity contribution in [3.05, 3.63) is 44.2 Å². The molecule has 5 nitrogen and oxygen atoms in total. The Morgan fingerprint density at radius 1 is 1.43 bits per heavy atom. The van der Waals surface area contributed by atoms with Gasteiger partial charge >= 0.3 is 0 Å². The molecule has 1 amide bonds. The molecule has 1 aliphatic rings. The van der Waals surface area contributed by atoms with E-state index in [0.717, 1.165) is 25.1 Å². The highest BCUT2D eigenvalue weighted by Crippen LogP contribution is 2.29. The Morgan fingerprint density at radius 3 is 2.79 bits per heavy atom. The van der Waals surface area contributed by atoms with E-state index in [-0.39, 0.29) is 17.4 Å². The van der Waals surface area contributed by atoms with E-state index in [9.17, 15) is 4.79 Å². The second-order valence-electron chi connectivity index (χ2n) is 8.06. The number of carbonyl (C=O) groups is 1. The molecule has 0 bridgehead atoms. The van der Waals surface area contributed by atoms with Gasteiger partial charge in [0.25, 0.3) is 5.91 Å². The van der Waals surface area contributed by atoms with Crippen LogP contribution in [0.2, 0.25) is 5.02 Å². The smallest absolute Gasteiger partial charge is 0.283 e. The summed E-state index contributed by atoms with van der Waals surface area (Å²) in [5.41, 5.74) is 1.47. The Kier molecular flexibility index (Phi) is 6.32. The van der Waals surface area contributed by atoms with Crippen LogP contribution in [0.5, 0.6) is 5.75 Å². The number of nitrogens with zero attached hydrogens (tertiary/aromatic N) is 2. The molecule has 2 aromatic rings. The van der Waals surface area contributed by atoms with Crippen LogP contribution in [0.25, 0.3) is 0 Å². The van der Waals surface area contributed by atoms with E-state index in [1.165, 1.54) is 12.0 Å². The summed E-state index contributed by atoms with van der Waals surface area (Å²) in [6, 6.07) is 4.98. The number of ether oxygens (including phenoxy) is 2. The van der Waals surface area contributed by atoms with Crippen LogP contribution in [0.1, 0.15) is 54.5 Å². The summed E-state index contributed by atoms with van der Waals surface area (Å²) in [7, 11) is 1.53. The fourth-order valence-corrected chi connectivity index (χ4v) is 4.84. The molecule has 1 aliphatic heterocycles. The van der Waals surface area contributed by atoms with Crippen LogP contribution in [-0.2, 0) is 16.7 Å². The summed E-state index contributed by atoms with van der Waals surface area (Å²) >= 11 is 7.65. The van der Waals surface area contributed by atoms with Gasteiger partial charge in [-0.3, -0.25) is 4.79 Å². The standard InChI is InChI=1S/C21H27ClN2O3S/c1-13-18(21(2,3)4)28-20(24(13)12-15-7-6-10-27-15)23-19(25)16-11-14(22)8-9-17(16)26-5/h8-9,11,15H,6-7,10,12H2,1-5H3/t15-/m1/s1. The highest BCUT2D eigenvalue weighted by molar-refractivity contribution is 7.09. The Labute approximate surface area is 175 Å². The Morgan fingerprint density at radius 2 is 2.18 bits per heavy atom. The van der Waals surface area contributed by atoms with Crippen molar-refractivity contribution in [3.63, 3.8) is 0 Å². The highest BCUT2D eigenvalue weighted by Gasteiger charge is 2.25. The minimum absolute atomic E-state index is 0.0302. The molecule has 0 spiro atoms. The Balaban J connectivity index is 2.08. The number of methoxy groups -OCH3 is 1. The van der Waals surface area contributed by atoms with Crippen molar-refractivity contribution < 1.29 is 14.3 Å². The molecule has 2 heterocycles. The lowest BCUT2D eigenvalue weighted by Crippen LogP contribution is -2.25. The number of benzene rings is 1. The molecule has 1 atom stereocenters. The minimum atomic E-state index is -0.359. The average Bonchev–Trinajstić information content (AvgIpc) is 3.24. The molecule has 1 fully saturated rings. The zero-order valence-corrected chi connectivity index (χ0v) is 18.6. The third-order valence-corrected chi connectivity index (χ3v) is 6.68. The van der Waals surface area contributed by atoms with Crippen molar-refractivity contribution in [1.82, 2.24) is 4.57 Å². The normalized spacial score (nSPS) is 17.9. The van der Waals surface area contributed by atoms with Crippen LogP contribution in [0.4, 0.5) is 0 Å². The molecule has 1 aromatic heterocycles. The molecule has 3 rings (SSSR count). The van der Waals surface area contributed by atoms with Crippen molar-refractivity contribution in [2.24, 2.45) is 4.99 Å². The molecule has 28 heavy (non-hydrogen) atoms. The lowest BCUT2D eigenvalue weighted by molar-refractivity contribution is 0.0944. The summed E-state index contributed by atoms with van der Waals surface area (Å²) in [5.74, 6) is 0.107. The second-order valence-corrected chi connectivity index (χ2v) is 9.47. The fraction of sp³-hybridized carbons (Fsp3) is 0.524. The molecule has 0 aliphatic carbocycles.